The fourth-order valence-electron chi connectivity index (χ4n) is 5.05. The topological polar surface area (TPSA) is 110 Å². The Morgan fingerprint density at radius 2 is 2.05 bits per heavy atom. The first-order valence-electron chi connectivity index (χ1n) is 12.3. The molecule has 2 aromatic carbocycles. The monoisotopic (exact) mass is 507 g/mol. The van der Waals surface area contributed by atoms with Gasteiger partial charge in [0.1, 0.15) is 5.75 Å². The number of aromatic amines is 1. The predicted molar refractivity (Wildman–Crippen MR) is 134 cm³/mol. The van der Waals surface area contributed by atoms with Gasteiger partial charge in [-0.25, -0.2) is 13.5 Å². The number of aromatic nitrogens is 5. The Bertz CT molecular complexity index is 1490. The van der Waals surface area contributed by atoms with Crippen LogP contribution in [-0.2, 0) is 7.05 Å². The van der Waals surface area contributed by atoms with Crippen LogP contribution in [0.15, 0.2) is 36.5 Å². The van der Waals surface area contributed by atoms with Crippen molar-refractivity contribution in [2.45, 2.75) is 50.0 Å². The Balaban J connectivity index is 1.24. The summed E-state index contributed by atoms with van der Waals surface area (Å²) in [6.45, 7) is 0. The standard InChI is InChI=1S/C26H27F2N7O2/c1-35-25(31-20-8-7-19-18(13-29-33-19)22(20)14-3-4-14)32-23(34-35)15-5-6-17(21(11-15)37-2)24(36)30-16-9-10-26(27,28)12-16/h5-8,11,13-14,16H,3-4,9-10,12H2,1-2H3,(H,29,33)(H,30,36)(H,31,32,34). The van der Waals surface area contributed by atoms with Gasteiger partial charge in [0.05, 0.1) is 24.4 Å². The van der Waals surface area contributed by atoms with E-state index >= 15 is 0 Å². The molecule has 2 aliphatic carbocycles. The van der Waals surface area contributed by atoms with Gasteiger partial charge in [0.25, 0.3) is 5.91 Å². The largest absolute Gasteiger partial charge is 0.496 e. The van der Waals surface area contributed by atoms with Crippen LogP contribution in [0.2, 0.25) is 0 Å². The van der Waals surface area contributed by atoms with Crippen LogP contribution in [0.1, 0.15) is 53.9 Å². The number of aryl methyl sites for hydroxylation is 1. The van der Waals surface area contributed by atoms with Crippen LogP contribution in [0.5, 0.6) is 5.75 Å². The van der Waals surface area contributed by atoms with E-state index < -0.39 is 17.9 Å². The Labute approximate surface area is 211 Å². The van der Waals surface area contributed by atoms with Crippen LogP contribution in [0, 0.1) is 0 Å². The van der Waals surface area contributed by atoms with Crippen molar-refractivity contribution >= 4 is 28.4 Å². The van der Waals surface area contributed by atoms with Gasteiger partial charge in [-0.15, -0.1) is 5.10 Å². The molecule has 2 heterocycles. The van der Waals surface area contributed by atoms with Crippen molar-refractivity contribution < 1.29 is 18.3 Å². The lowest BCUT2D eigenvalue weighted by Crippen LogP contribution is -2.34. The van der Waals surface area contributed by atoms with Crippen LogP contribution in [0.25, 0.3) is 22.3 Å². The van der Waals surface area contributed by atoms with E-state index in [1.54, 1.807) is 22.9 Å². The van der Waals surface area contributed by atoms with Gasteiger partial charge in [-0.05, 0) is 55.0 Å². The number of anilines is 2. The summed E-state index contributed by atoms with van der Waals surface area (Å²) >= 11 is 0. The number of rotatable bonds is 7. The molecular formula is C26H27F2N7O2. The average molecular weight is 508 g/mol. The number of carbonyl (C=O) groups is 1. The van der Waals surface area contributed by atoms with Gasteiger partial charge < -0.3 is 15.4 Å². The second-order valence-corrected chi connectivity index (χ2v) is 9.82. The molecule has 192 valence electrons. The van der Waals surface area contributed by atoms with Gasteiger partial charge >= 0.3 is 0 Å². The Morgan fingerprint density at radius 3 is 2.78 bits per heavy atom. The van der Waals surface area contributed by atoms with Gasteiger partial charge in [-0.2, -0.15) is 10.1 Å². The molecule has 6 rings (SSSR count). The number of amides is 1. The Hall–Kier alpha value is -4.02. The fourth-order valence-corrected chi connectivity index (χ4v) is 5.05. The number of H-pyrrole nitrogens is 1. The maximum atomic E-state index is 13.5. The van der Waals surface area contributed by atoms with E-state index in [-0.39, 0.29) is 24.8 Å². The third-order valence-corrected chi connectivity index (χ3v) is 7.10. The minimum atomic E-state index is -2.73. The van der Waals surface area contributed by atoms with Gasteiger partial charge in [-0.3, -0.25) is 9.89 Å². The van der Waals surface area contributed by atoms with Crippen molar-refractivity contribution in [2.24, 2.45) is 7.05 Å². The van der Waals surface area contributed by atoms with Crippen LogP contribution >= 0.6 is 0 Å². The molecule has 0 aliphatic heterocycles. The summed E-state index contributed by atoms with van der Waals surface area (Å²) in [5, 5.41) is 19.0. The molecule has 9 nitrogen and oxygen atoms in total. The quantitative estimate of drug-likeness (QED) is 0.328. The van der Waals surface area contributed by atoms with Crippen molar-refractivity contribution in [2.75, 3.05) is 12.4 Å². The first-order valence-corrected chi connectivity index (χ1v) is 12.3. The molecule has 4 aromatic rings. The molecule has 37 heavy (non-hydrogen) atoms. The number of hydrogen-bond donors (Lipinski definition) is 3. The smallest absolute Gasteiger partial charge is 0.255 e. The number of carbonyl (C=O) groups excluding carboxylic acids is 1. The van der Waals surface area contributed by atoms with E-state index in [4.69, 9.17) is 9.72 Å². The van der Waals surface area contributed by atoms with Crippen LogP contribution in [-0.4, -0.2) is 49.9 Å². The number of benzene rings is 2. The van der Waals surface area contributed by atoms with Gasteiger partial charge in [0.2, 0.25) is 11.9 Å². The first-order chi connectivity index (χ1) is 17.8. The highest BCUT2D eigenvalue weighted by Gasteiger charge is 2.40. The normalized spacial score (nSPS) is 18.8. The van der Waals surface area contributed by atoms with Crippen molar-refractivity contribution in [1.29, 1.82) is 0 Å². The van der Waals surface area contributed by atoms with E-state index in [2.05, 4.69) is 25.9 Å². The number of hydrogen-bond acceptors (Lipinski definition) is 6. The molecule has 1 unspecified atom stereocenters. The highest BCUT2D eigenvalue weighted by Crippen LogP contribution is 2.47. The predicted octanol–water partition coefficient (Wildman–Crippen LogP) is 4.91. The van der Waals surface area contributed by atoms with E-state index in [1.165, 1.54) is 12.7 Å². The highest BCUT2D eigenvalue weighted by atomic mass is 19.3. The minimum Gasteiger partial charge on any atom is -0.496 e. The Kier molecular flexibility index (Phi) is 5.58. The van der Waals surface area contributed by atoms with Crippen LogP contribution < -0.4 is 15.4 Å². The average Bonchev–Trinajstić information content (AvgIpc) is 3.32. The van der Waals surface area contributed by atoms with E-state index in [9.17, 15) is 13.6 Å². The van der Waals surface area contributed by atoms with Crippen molar-refractivity contribution in [3.8, 4) is 17.1 Å². The highest BCUT2D eigenvalue weighted by molar-refractivity contribution is 5.97. The summed E-state index contributed by atoms with van der Waals surface area (Å²) in [5.74, 6) is -1.32. The Morgan fingerprint density at radius 1 is 1.22 bits per heavy atom. The molecule has 3 N–H and O–H groups in total. The van der Waals surface area contributed by atoms with Gasteiger partial charge in [0, 0.05) is 42.6 Å². The fraction of sp³-hybridized carbons (Fsp3) is 0.385. The number of methoxy groups -OCH3 is 1. The minimum absolute atomic E-state index is 0.214. The number of nitrogens with one attached hydrogen (secondary N) is 3. The zero-order chi connectivity index (χ0) is 25.7. The molecule has 0 bridgehead atoms. The van der Waals surface area contributed by atoms with Crippen molar-refractivity contribution in [1.82, 2.24) is 30.3 Å². The van der Waals surface area contributed by atoms with E-state index in [0.29, 0.717) is 29.0 Å². The SMILES string of the molecule is COc1cc(-c2nc(Nc3ccc4[nH]ncc4c3C3CC3)n(C)n2)ccc1C(=O)NC1CCC(F)(F)C1. The van der Waals surface area contributed by atoms with Crippen molar-refractivity contribution in [3.05, 3.63) is 47.7 Å². The van der Waals surface area contributed by atoms with Crippen molar-refractivity contribution in [3.63, 3.8) is 0 Å². The van der Waals surface area contributed by atoms with E-state index in [1.807, 2.05) is 25.4 Å². The molecule has 0 saturated heterocycles. The number of fused-ring (bicyclic) bond motifs is 1. The number of halogens is 2. The van der Waals surface area contributed by atoms with Crippen LogP contribution in [0.4, 0.5) is 20.4 Å². The molecule has 2 aromatic heterocycles. The molecule has 1 amide bonds. The molecular weight excluding hydrogens is 480 g/mol. The number of nitrogens with zero attached hydrogens (tertiary/aromatic N) is 4. The zero-order valence-corrected chi connectivity index (χ0v) is 20.5. The number of ether oxygens (including phenoxy) is 1. The lowest BCUT2D eigenvalue weighted by atomic mass is 10.0. The maximum Gasteiger partial charge on any atom is 0.255 e. The summed E-state index contributed by atoms with van der Waals surface area (Å²) in [6.07, 6.45) is 3.84. The molecule has 1 atom stereocenters. The molecule has 2 aliphatic rings. The van der Waals surface area contributed by atoms with Gasteiger partial charge in [0.15, 0.2) is 5.82 Å². The molecule has 11 heteroatoms. The number of alkyl halides is 2. The molecule has 2 saturated carbocycles. The van der Waals surface area contributed by atoms with Gasteiger partial charge in [-0.1, -0.05) is 6.07 Å². The maximum absolute atomic E-state index is 13.5. The van der Waals surface area contributed by atoms with E-state index in [0.717, 1.165) is 29.4 Å². The third-order valence-electron chi connectivity index (χ3n) is 7.10. The summed E-state index contributed by atoms with van der Waals surface area (Å²) in [7, 11) is 3.27. The van der Waals surface area contributed by atoms with Crippen LogP contribution in [0.3, 0.4) is 0 Å². The third kappa shape index (κ3) is 4.49. The summed E-state index contributed by atoms with van der Waals surface area (Å²) in [5.41, 5.74) is 4.15. The lowest BCUT2D eigenvalue weighted by molar-refractivity contribution is 0.00710. The molecule has 0 radical (unpaired) electrons. The first kappa shape index (κ1) is 23.4. The second kappa shape index (κ2) is 8.82. The summed E-state index contributed by atoms with van der Waals surface area (Å²) in [4.78, 5) is 17.5. The molecule has 2 fully saturated rings. The lowest BCUT2D eigenvalue weighted by Gasteiger charge is -2.15. The molecule has 0 spiro atoms. The summed E-state index contributed by atoms with van der Waals surface area (Å²) < 4.78 is 34.2. The second-order valence-electron chi connectivity index (χ2n) is 9.82. The zero-order valence-electron chi connectivity index (χ0n) is 20.5. The summed E-state index contributed by atoms with van der Waals surface area (Å²) in [6, 6.07) is 8.49.